The lowest BCUT2D eigenvalue weighted by atomic mass is 10.2. The number of amides is 1. The van der Waals surface area contributed by atoms with Gasteiger partial charge in [-0.3, -0.25) is 5.32 Å². The van der Waals surface area contributed by atoms with E-state index in [0.717, 1.165) is 12.1 Å². The van der Waals surface area contributed by atoms with Gasteiger partial charge in [-0.2, -0.15) is 13.2 Å². The van der Waals surface area contributed by atoms with Crippen molar-refractivity contribution >= 4 is 27.3 Å². The van der Waals surface area contributed by atoms with Crippen LogP contribution < -0.4 is 15.4 Å². The van der Waals surface area contributed by atoms with Crippen molar-refractivity contribution in [2.75, 3.05) is 17.2 Å². The van der Waals surface area contributed by atoms with E-state index in [1.165, 1.54) is 24.3 Å². The summed E-state index contributed by atoms with van der Waals surface area (Å²) in [5, 5.41) is 12.0. The van der Waals surface area contributed by atoms with Gasteiger partial charge in [0.05, 0.1) is 16.1 Å². The van der Waals surface area contributed by atoms with Crippen LogP contribution in [0.3, 0.4) is 0 Å². The molecular weight excluding hydrogens is 389 g/mol. The number of fused-ring (bicyclic) bond motifs is 1. The first-order valence-corrected chi connectivity index (χ1v) is 9.07. The highest BCUT2D eigenvalue weighted by Gasteiger charge is 2.40. The molecule has 0 fully saturated rings. The van der Waals surface area contributed by atoms with E-state index < -0.39 is 44.5 Å². The third-order valence-electron chi connectivity index (χ3n) is 3.81. The second-order valence-electron chi connectivity index (χ2n) is 5.62. The van der Waals surface area contributed by atoms with Gasteiger partial charge in [0.25, 0.3) is 0 Å². The first-order valence-electron chi connectivity index (χ1n) is 7.52. The van der Waals surface area contributed by atoms with Crippen LogP contribution in [0.5, 0.6) is 5.75 Å². The van der Waals surface area contributed by atoms with Gasteiger partial charge in [-0.15, -0.1) is 0 Å². The molecule has 0 bridgehead atoms. The molecule has 2 aromatic carbocycles. The lowest BCUT2D eigenvalue weighted by Gasteiger charge is -2.28. The molecule has 1 heterocycles. The molecule has 0 radical (unpaired) electrons. The number of nitrogens with one attached hydrogen (secondary N) is 2. The Morgan fingerprint density at radius 1 is 1.22 bits per heavy atom. The fourth-order valence-electron chi connectivity index (χ4n) is 2.62. The fourth-order valence-corrected chi connectivity index (χ4v) is 4.21. The third-order valence-corrected chi connectivity index (χ3v) is 5.78. The number of hydrogen-bond acceptors (Lipinski definition) is 5. The lowest BCUT2D eigenvalue weighted by Crippen LogP contribution is -2.39. The molecular formula is C16H13F3N2O5S. The summed E-state index contributed by atoms with van der Waals surface area (Å²) in [6.07, 6.45) is -6.16. The smallest absolute Gasteiger partial charge is 0.417 e. The summed E-state index contributed by atoms with van der Waals surface area (Å²) in [5.41, 5.74) is -0.976. The topological polar surface area (TPSA) is 105 Å². The van der Waals surface area contributed by atoms with Crippen molar-refractivity contribution in [1.82, 2.24) is 0 Å². The molecule has 1 aliphatic heterocycles. The zero-order valence-corrected chi connectivity index (χ0v) is 14.3. The Morgan fingerprint density at radius 3 is 2.59 bits per heavy atom. The minimum absolute atomic E-state index is 0.144. The van der Waals surface area contributed by atoms with Crippen LogP contribution in [0, 0.1) is 0 Å². The van der Waals surface area contributed by atoms with Crippen LogP contribution in [0.15, 0.2) is 47.4 Å². The molecule has 0 saturated heterocycles. The van der Waals surface area contributed by atoms with E-state index >= 15 is 0 Å². The standard InChI is InChI=1S/C16H13F3N2O5S/c17-16(18,19)10-3-1-2-4-13(10)27(24,25)14-8-26-12-6-5-9(20-15(22)23)7-11(12)21-14/h1-7,14,20-21H,8H2,(H,22,23). The maximum Gasteiger partial charge on any atom is 0.417 e. The molecule has 0 aromatic heterocycles. The van der Waals surface area contributed by atoms with E-state index in [4.69, 9.17) is 9.84 Å². The number of ether oxygens (including phenoxy) is 1. The Bertz CT molecular complexity index is 992. The van der Waals surface area contributed by atoms with Crippen LogP contribution in [-0.2, 0) is 16.0 Å². The van der Waals surface area contributed by atoms with Crippen LogP contribution in [0.4, 0.5) is 29.3 Å². The van der Waals surface area contributed by atoms with Crippen molar-refractivity contribution in [3.05, 3.63) is 48.0 Å². The van der Waals surface area contributed by atoms with Crippen molar-refractivity contribution in [3.63, 3.8) is 0 Å². The molecule has 1 atom stereocenters. The number of benzene rings is 2. The van der Waals surface area contributed by atoms with E-state index in [1.807, 2.05) is 0 Å². The van der Waals surface area contributed by atoms with E-state index in [9.17, 15) is 26.4 Å². The molecule has 0 spiro atoms. The number of carboxylic acid groups (broad SMARTS) is 1. The summed E-state index contributed by atoms with van der Waals surface area (Å²) < 4.78 is 70.4. The quantitative estimate of drug-likeness (QED) is 0.727. The monoisotopic (exact) mass is 402 g/mol. The maximum atomic E-state index is 13.2. The Morgan fingerprint density at radius 2 is 1.93 bits per heavy atom. The average Bonchev–Trinajstić information content (AvgIpc) is 2.60. The molecule has 0 aliphatic carbocycles. The van der Waals surface area contributed by atoms with Crippen molar-refractivity contribution in [1.29, 1.82) is 0 Å². The molecule has 3 N–H and O–H groups in total. The average molecular weight is 402 g/mol. The van der Waals surface area contributed by atoms with Crippen LogP contribution in [0.25, 0.3) is 0 Å². The van der Waals surface area contributed by atoms with E-state index in [-0.39, 0.29) is 17.1 Å². The van der Waals surface area contributed by atoms with Crippen LogP contribution >= 0.6 is 0 Å². The second-order valence-corrected chi connectivity index (χ2v) is 7.72. The molecule has 144 valence electrons. The zero-order valence-electron chi connectivity index (χ0n) is 13.4. The highest BCUT2D eigenvalue weighted by molar-refractivity contribution is 7.92. The van der Waals surface area contributed by atoms with Crippen molar-refractivity contribution in [2.45, 2.75) is 16.4 Å². The number of sulfone groups is 1. The van der Waals surface area contributed by atoms with Crippen molar-refractivity contribution in [3.8, 4) is 5.75 Å². The first kappa shape index (κ1) is 18.8. The normalized spacial score (nSPS) is 16.6. The Hall–Kier alpha value is -2.95. The second kappa shape index (κ2) is 6.65. The van der Waals surface area contributed by atoms with Gasteiger partial charge in [-0.1, -0.05) is 12.1 Å². The SMILES string of the molecule is O=C(O)Nc1ccc2c(c1)NC(S(=O)(=O)c1ccccc1C(F)(F)F)CO2. The number of alkyl halides is 3. The molecule has 1 unspecified atom stereocenters. The predicted octanol–water partition coefficient (Wildman–Crippen LogP) is 3.40. The molecule has 11 heteroatoms. The highest BCUT2D eigenvalue weighted by atomic mass is 32.2. The number of hydrogen-bond donors (Lipinski definition) is 3. The van der Waals surface area contributed by atoms with E-state index in [1.54, 1.807) is 0 Å². The summed E-state index contributed by atoms with van der Waals surface area (Å²) in [5.74, 6) is 0.251. The Kier molecular flexibility index (Phi) is 4.64. The Balaban J connectivity index is 1.96. The van der Waals surface area contributed by atoms with Crippen LogP contribution in [-0.4, -0.2) is 31.6 Å². The van der Waals surface area contributed by atoms with Gasteiger partial charge >= 0.3 is 12.3 Å². The van der Waals surface area contributed by atoms with Crippen molar-refractivity contribution in [2.24, 2.45) is 0 Å². The summed E-state index contributed by atoms with van der Waals surface area (Å²) in [6.45, 7) is -0.409. The maximum absolute atomic E-state index is 13.2. The molecule has 7 nitrogen and oxygen atoms in total. The molecule has 0 saturated carbocycles. The molecule has 1 amide bonds. The zero-order chi connectivity index (χ0) is 19.8. The summed E-state index contributed by atoms with van der Waals surface area (Å²) in [4.78, 5) is 9.85. The van der Waals surface area contributed by atoms with Crippen molar-refractivity contribution < 1.29 is 36.2 Å². The van der Waals surface area contributed by atoms with Crippen LogP contribution in [0.2, 0.25) is 0 Å². The number of halogens is 3. The van der Waals surface area contributed by atoms with Gasteiger partial charge in [0.2, 0.25) is 9.84 Å². The van der Waals surface area contributed by atoms with Gasteiger partial charge in [-0.05, 0) is 30.3 Å². The minimum atomic E-state index is -4.84. The van der Waals surface area contributed by atoms with Gasteiger partial charge in [-0.25, -0.2) is 13.2 Å². The number of carbonyl (C=O) groups is 1. The largest absolute Gasteiger partial charge is 0.488 e. The van der Waals surface area contributed by atoms with Gasteiger partial charge in [0, 0.05) is 5.69 Å². The number of anilines is 2. The lowest BCUT2D eigenvalue weighted by molar-refractivity contribution is -0.139. The van der Waals surface area contributed by atoms with Crippen LogP contribution in [0.1, 0.15) is 5.56 Å². The Labute approximate surface area is 151 Å². The summed E-state index contributed by atoms with van der Waals surface area (Å²) in [7, 11) is -4.45. The molecule has 27 heavy (non-hydrogen) atoms. The predicted molar refractivity (Wildman–Crippen MR) is 89.6 cm³/mol. The first-order chi connectivity index (χ1) is 12.6. The molecule has 2 aromatic rings. The molecule has 1 aliphatic rings. The van der Waals surface area contributed by atoms with E-state index in [0.29, 0.717) is 6.07 Å². The van der Waals surface area contributed by atoms with E-state index in [2.05, 4.69) is 10.6 Å². The third kappa shape index (κ3) is 3.77. The van der Waals surface area contributed by atoms with Gasteiger partial charge in [0.15, 0.2) is 5.37 Å². The molecule has 3 rings (SSSR count). The summed E-state index contributed by atoms with van der Waals surface area (Å²) in [6, 6.07) is 8.00. The fraction of sp³-hybridized carbons (Fsp3) is 0.188. The summed E-state index contributed by atoms with van der Waals surface area (Å²) >= 11 is 0. The number of rotatable bonds is 3. The van der Waals surface area contributed by atoms with Gasteiger partial charge in [0.1, 0.15) is 12.4 Å². The highest BCUT2D eigenvalue weighted by Crippen LogP contribution is 2.38. The van der Waals surface area contributed by atoms with Gasteiger partial charge < -0.3 is 15.2 Å². The minimum Gasteiger partial charge on any atom is -0.488 e.